The lowest BCUT2D eigenvalue weighted by Gasteiger charge is -2.21. The van der Waals surface area contributed by atoms with Gasteiger partial charge in [-0.3, -0.25) is 4.79 Å². The number of carboxylic acid groups (broad SMARTS) is 1. The van der Waals surface area contributed by atoms with Crippen LogP contribution in [0.25, 0.3) is 22.5 Å². The van der Waals surface area contributed by atoms with Gasteiger partial charge in [-0.1, -0.05) is 86.8 Å². The molecule has 0 saturated heterocycles. The Bertz CT molecular complexity index is 992. The second-order valence-corrected chi connectivity index (χ2v) is 6.87. The van der Waals surface area contributed by atoms with Crippen LogP contribution < -0.4 is 5.43 Å². The quantitative estimate of drug-likeness (QED) is 0.532. The normalized spacial score (nSPS) is 10.8. The van der Waals surface area contributed by atoms with Crippen LogP contribution in [0.2, 0.25) is 0 Å². The summed E-state index contributed by atoms with van der Waals surface area (Å²) < 4.78 is 2.01. The van der Waals surface area contributed by atoms with E-state index >= 15 is 0 Å². The van der Waals surface area contributed by atoms with Crippen LogP contribution in [0, 0.1) is 0 Å². The van der Waals surface area contributed by atoms with Crippen molar-refractivity contribution in [2.24, 2.45) is 0 Å². The fraction of sp³-hybridized carbons (Fsp3) is 0.250. The van der Waals surface area contributed by atoms with Gasteiger partial charge in [-0.05, 0) is 17.5 Å². The minimum Gasteiger partial charge on any atom is -0.477 e. The van der Waals surface area contributed by atoms with Gasteiger partial charge in [0.15, 0.2) is 5.43 Å². The summed E-state index contributed by atoms with van der Waals surface area (Å²) in [6.45, 7) is 2.82. The zero-order valence-electron chi connectivity index (χ0n) is 16.1. The monoisotopic (exact) mass is 375 g/mol. The Morgan fingerprint density at radius 3 is 2.07 bits per heavy atom. The van der Waals surface area contributed by atoms with Crippen LogP contribution in [0.4, 0.5) is 0 Å². The Morgan fingerprint density at radius 2 is 1.50 bits per heavy atom. The summed E-state index contributed by atoms with van der Waals surface area (Å²) in [6, 6.07) is 20.5. The highest BCUT2D eigenvalue weighted by atomic mass is 16.4. The molecule has 0 saturated carbocycles. The number of hydrogen-bond acceptors (Lipinski definition) is 2. The van der Waals surface area contributed by atoms with E-state index in [1.807, 2.05) is 65.2 Å². The van der Waals surface area contributed by atoms with E-state index in [4.69, 9.17) is 0 Å². The van der Waals surface area contributed by atoms with E-state index in [9.17, 15) is 14.7 Å². The van der Waals surface area contributed by atoms with Gasteiger partial charge in [0.05, 0.1) is 11.4 Å². The van der Waals surface area contributed by atoms with Gasteiger partial charge in [0.2, 0.25) is 0 Å². The summed E-state index contributed by atoms with van der Waals surface area (Å²) in [5, 5.41) is 9.79. The second kappa shape index (κ2) is 9.18. The molecule has 0 spiro atoms. The van der Waals surface area contributed by atoms with Crippen molar-refractivity contribution in [3.63, 3.8) is 0 Å². The van der Waals surface area contributed by atoms with Crippen molar-refractivity contribution >= 4 is 5.97 Å². The lowest BCUT2D eigenvalue weighted by molar-refractivity contribution is 0.0695. The summed E-state index contributed by atoms with van der Waals surface area (Å²) in [5.41, 5.74) is 2.26. The lowest BCUT2D eigenvalue weighted by atomic mass is 10.0. The van der Waals surface area contributed by atoms with Crippen molar-refractivity contribution < 1.29 is 9.90 Å². The van der Waals surface area contributed by atoms with E-state index in [-0.39, 0.29) is 5.56 Å². The Balaban J connectivity index is 2.27. The van der Waals surface area contributed by atoms with Gasteiger partial charge in [0.1, 0.15) is 5.56 Å². The zero-order valence-corrected chi connectivity index (χ0v) is 16.1. The number of aromatic carboxylic acids is 1. The predicted molar refractivity (Wildman–Crippen MR) is 113 cm³/mol. The number of nitrogens with zero attached hydrogens (tertiary/aromatic N) is 1. The highest BCUT2D eigenvalue weighted by Crippen LogP contribution is 2.29. The Labute approximate surface area is 165 Å². The molecule has 4 heteroatoms. The third-order valence-corrected chi connectivity index (χ3v) is 4.88. The summed E-state index contributed by atoms with van der Waals surface area (Å²) in [7, 11) is 0. The van der Waals surface area contributed by atoms with Crippen molar-refractivity contribution in [1.82, 2.24) is 4.57 Å². The molecule has 3 aromatic rings. The van der Waals surface area contributed by atoms with Crippen molar-refractivity contribution in [2.75, 3.05) is 0 Å². The first-order valence-electron chi connectivity index (χ1n) is 9.75. The zero-order chi connectivity index (χ0) is 19.9. The molecule has 0 radical (unpaired) electrons. The molecular formula is C24H25NO3. The van der Waals surface area contributed by atoms with E-state index in [2.05, 4.69) is 6.92 Å². The third-order valence-electron chi connectivity index (χ3n) is 4.88. The molecule has 0 atom stereocenters. The molecule has 0 amide bonds. The molecule has 0 aliphatic heterocycles. The number of rotatable bonds is 8. The first-order valence-corrected chi connectivity index (χ1v) is 9.75. The van der Waals surface area contributed by atoms with E-state index in [0.717, 1.165) is 42.5 Å². The molecule has 0 aliphatic rings. The molecule has 4 nitrogen and oxygen atoms in total. The standard InChI is InChI=1S/C24H25NO3/c1-2-3-4-11-16-25-20(18-12-7-5-8-13-18)17-21(26)22(24(27)28)23(25)19-14-9-6-10-15-19/h5-10,12-15,17H,2-4,11,16H2,1H3,(H,27,28). The summed E-state index contributed by atoms with van der Waals surface area (Å²) in [4.78, 5) is 24.8. The maximum atomic E-state index is 12.8. The van der Waals surface area contributed by atoms with Crippen LogP contribution >= 0.6 is 0 Å². The number of benzene rings is 2. The minimum absolute atomic E-state index is 0.165. The Hall–Kier alpha value is -3.14. The fourth-order valence-electron chi connectivity index (χ4n) is 3.53. The SMILES string of the molecule is CCCCCCn1c(-c2ccccc2)cc(=O)c(C(=O)O)c1-c1ccccc1. The van der Waals surface area contributed by atoms with Crippen molar-refractivity contribution in [2.45, 2.75) is 39.2 Å². The molecule has 144 valence electrons. The minimum atomic E-state index is -1.19. The smallest absolute Gasteiger partial charge is 0.341 e. The number of carbonyl (C=O) groups is 1. The third kappa shape index (κ3) is 4.22. The molecule has 0 unspecified atom stereocenters. The van der Waals surface area contributed by atoms with Crippen LogP contribution in [0.15, 0.2) is 71.5 Å². The molecule has 1 N–H and O–H groups in total. The van der Waals surface area contributed by atoms with Crippen molar-refractivity contribution in [1.29, 1.82) is 0 Å². The first-order chi connectivity index (χ1) is 13.6. The predicted octanol–water partition coefficient (Wildman–Crippen LogP) is 5.46. The van der Waals surface area contributed by atoms with Gasteiger partial charge in [-0.2, -0.15) is 0 Å². The molecule has 3 rings (SSSR count). The molecule has 0 fully saturated rings. The topological polar surface area (TPSA) is 59.3 Å². The average Bonchev–Trinajstić information content (AvgIpc) is 2.72. The van der Waals surface area contributed by atoms with Gasteiger partial charge in [0.25, 0.3) is 0 Å². The summed E-state index contributed by atoms with van der Waals surface area (Å²) in [6.07, 6.45) is 4.25. The molecule has 2 aromatic carbocycles. The Morgan fingerprint density at radius 1 is 0.893 bits per heavy atom. The lowest BCUT2D eigenvalue weighted by Crippen LogP contribution is -2.22. The van der Waals surface area contributed by atoms with Gasteiger partial charge in [-0.25, -0.2) is 4.79 Å². The molecule has 1 heterocycles. The highest BCUT2D eigenvalue weighted by molar-refractivity contribution is 5.95. The van der Waals surface area contributed by atoms with Crippen molar-refractivity contribution in [3.8, 4) is 22.5 Å². The van der Waals surface area contributed by atoms with Crippen LogP contribution in [0.5, 0.6) is 0 Å². The summed E-state index contributed by atoms with van der Waals surface area (Å²) >= 11 is 0. The maximum absolute atomic E-state index is 12.8. The van der Waals surface area contributed by atoms with E-state index in [0.29, 0.717) is 12.2 Å². The molecular weight excluding hydrogens is 350 g/mol. The number of unbranched alkanes of at least 4 members (excludes halogenated alkanes) is 3. The van der Waals surface area contributed by atoms with Crippen LogP contribution in [-0.2, 0) is 6.54 Å². The van der Waals surface area contributed by atoms with Gasteiger partial charge in [0, 0.05) is 12.6 Å². The number of carboxylic acids is 1. The molecule has 28 heavy (non-hydrogen) atoms. The largest absolute Gasteiger partial charge is 0.477 e. The highest BCUT2D eigenvalue weighted by Gasteiger charge is 2.22. The fourth-order valence-corrected chi connectivity index (χ4v) is 3.53. The van der Waals surface area contributed by atoms with E-state index in [1.165, 1.54) is 6.07 Å². The molecule has 1 aromatic heterocycles. The van der Waals surface area contributed by atoms with E-state index in [1.54, 1.807) is 0 Å². The summed E-state index contributed by atoms with van der Waals surface area (Å²) in [5.74, 6) is -1.19. The van der Waals surface area contributed by atoms with Crippen LogP contribution in [0.3, 0.4) is 0 Å². The first kappa shape index (κ1) is 19.6. The van der Waals surface area contributed by atoms with Crippen LogP contribution in [0.1, 0.15) is 43.0 Å². The second-order valence-electron chi connectivity index (χ2n) is 6.87. The number of hydrogen-bond donors (Lipinski definition) is 1. The number of pyridine rings is 1. The van der Waals surface area contributed by atoms with Crippen LogP contribution in [-0.4, -0.2) is 15.6 Å². The van der Waals surface area contributed by atoms with Gasteiger partial charge >= 0.3 is 5.97 Å². The number of aromatic nitrogens is 1. The van der Waals surface area contributed by atoms with Crippen molar-refractivity contribution in [3.05, 3.63) is 82.5 Å². The molecule has 0 aliphatic carbocycles. The average molecular weight is 375 g/mol. The molecule has 0 bridgehead atoms. The Kier molecular flexibility index (Phi) is 6.43. The van der Waals surface area contributed by atoms with Gasteiger partial charge in [-0.15, -0.1) is 0 Å². The maximum Gasteiger partial charge on any atom is 0.341 e. The van der Waals surface area contributed by atoms with E-state index < -0.39 is 11.4 Å². The van der Waals surface area contributed by atoms with Gasteiger partial charge < -0.3 is 9.67 Å².